The second-order valence-corrected chi connectivity index (χ2v) is 14.0. The number of aliphatic carboxylic acids is 1. The minimum absolute atomic E-state index is 0.00889. The van der Waals surface area contributed by atoms with Crippen molar-refractivity contribution in [1.82, 2.24) is 0 Å². The van der Waals surface area contributed by atoms with Gasteiger partial charge < -0.3 is 24.4 Å². The second kappa shape index (κ2) is 15.9. The molecule has 0 amide bonds. The highest BCUT2D eigenvalue weighted by Gasteiger charge is 2.51. The molecule has 0 radical (unpaired) electrons. The van der Waals surface area contributed by atoms with Gasteiger partial charge in [0, 0.05) is 0 Å². The maximum atomic E-state index is 13.8. The Morgan fingerprint density at radius 3 is 2.00 bits per heavy atom. The first-order chi connectivity index (χ1) is 20.5. The number of hydrogen-bond donors (Lipinski definition) is 2. The highest BCUT2D eigenvalue weighted by atomic mass is 16.6. The van der Waals surface area contributed by atoms with Gasteiger partial charge in [0.25, 0.3) is 0 Å². The van der Waals surface area contributed by atoms with Gasteiger partial charge in [-0.25, -0.2) is 0 Å². The van der Waals surface area contributed by atoms with Gasteiger partial charge in [-0.1, -0.05) is 44.2 Å². The molecule has 0 saturated heterocycles. The van der Waals surface area contributed by atoms with Crippen molar-refractivity contribution in [2.24, 2.45) is 22.2 Å². The number of ether oxygens (including phenoxy) is 3. The number of hydrogen-bond acceptors (Lipinski definition) is 8. The fraction of sp³-hybridized carbons (Fsp3) is 0.714. The predicted molar refractivity (Wildman–Crippen MR) is 166 cm³/mol. The molecule has 1 fully saturated rings. The summed E-state index contributed by atoms with van der Waals surface area (Å²) in [5.41, 5.74) is -3.51. The van der Waals surface area contributed by atoms with Crippen LogP contribution >= 0.6 is 0 Å². The Kier molecular flexibility index (Phi) is 13.4. The molecule has 2 rings (SSSR count). The zero-order valence-corrected chi connectivity index (χ0v) is 27.8. The summed E-state index contributed by atoms with van der Waals surface area (Å²) < 4.78 is 17.4. The second-order valence-electron chi connectivity index (χ2n) is 14.0. The standard InChI is InChI=1S/C35H54O9/c1-8-27(28(37)38)17-20-33(6,30(40)43-22-26-15-11-10-12-16-26)24-34(7,31(41)42-21-25(3)36)23-32(4,5)29(39)44-35(9-2)18-13-14-19-35/h10-12,15-16,25,27,36H,8-9,13-14,17-24H2,1-7H3,(H,37,38). The van der Waals surface area contributed by atoms with Gasteiger partial charge in [-0.3, -0.25) is 19.2 Å². The first-order valence-electron chi connectivity index (χ1n) is 16.0. The molecule has 0 bridgehead atoms. The third-order valence-electron chi connectivity index (χ3n) is 9.17. The molecule has 2 N–H and O–H groups in total. The first kappa shape index (κ1) is 37.2. The Bertz CT molecular complexity index is 1110. The smallest absolute Gasteiger partial charge is 0.312 e. The van der Waals surface area contributed by atoms with Gasteiger partial charge in [0.05, 0.1) is 28.3 Å². The molecule has 1 aromatic rings. The maximum Gasteiger partial charge on any atom is 0.312 e. The van der Waals surface area contributed by atoms with E-state index in [1.807, 2.05) is 37.3 Å². The summed E-state index contributed by atoms with van der Waals surface area (Å²) in [5, 5.41) is 19.6. The van der Waals surface area contributed by atoms with Crippen LogP contribution in [0.2, 0.25) is 0 Å². The average molecular weight is 619 g/mol. The lowest BCUT2D eigenvalue weighted by atomic mass is 9.64. The molecule has 0 aromatic heterocycles. The van der Waals surface area contributed by atoms with Crippen molar-refractivity contribution in [3.05, 3.63) is 35.9 Å². The van der Waals surface area contributed by atoms with Crippen molar-refractivity contribution in [3.63, 3.8) is 0 Å². The van der Waals surface area contributed by atoms with Crippen LogP contribution < -0.4 is 0 Å². The molecule has 1 aliphatic carbocycles. The number of aliphatic hydroxyl groups is 1. The topological polar surface area (TPSA) is 136 Å². The van der Waals surface area contributed by atoms with Crippen LogP contribution in [0.4, 0.5) is 0 Å². The van der Waals surface area contributed by atoms with Crippen molar-refractivity contribution in [2.75, 3.05) is 6.61 Å². The Labute approximate surface area is 263 Å². The van der Waals surface area contributed by atoms with E-state index in [0.717, 1.165) is 31.2 Å². The van der Waals surface area contributed by atoms with Crippen LogP contribution in [0.3, 0.4) is 0 Å². The molecule has 1 saturated carbocycles. The normalized spacial score (nSPS) is 18.7. The SMILES string of the molecule is CCC(CCC(C)(CC(C)(CC(C)(C)C(=O)OC1(CC)CCCC1)C(=O)OCC(C)O)C(=O)OCc1ccccc1)C(=O)O. The molecular formula is C35H54O9. The summed E-state index contributed by atoms with van der Waals surface area (Å²) in [6, 6.07) is 9.21. The highest BCUT2D eigenvalue weighted by molar-refractivity contribution is 5.83. The molecule has 248 valence electrons. The fourth-order valence-corrected chi connectivity index (χ4v) is 6.52. The van der Waals surface area contributed by atoms with Crippen LogP contribution in [-0.4, -0.2) is 52.4 Å². The molecule has 0 heterocycles. The Morgan fingerprint density at radius 1 is 0.886 bits per heavy atom. The summed E-state index contributed by atoms with van der Waals surface area (Å²) >= 11 is 0. The Balaban J connectivity index is 2.44. The van der Waals surface area contributed by atoms with Crippen molar-refractivity contribution in [3.8, 4) is 0 Å². The van der Waals surface area contributed by atoms with Crippen LogP contribution in [0, 0.1) is 22.2 Å². The van der Waals surface area contributed by atoms with Crippen molar-refractivity contribution in [2.45, 2.75) is 131 Å². The number of carbonyl (C=O) groups is 4. The predicted octanol–water partition coefficient (Wildman–Crippen LogP) is 6.63. The van der Waals surface area contributed by atoms with Gasteiger partial charge in [-0.05, 0) is 104 Å². The van der Waals surface area contributed by atoms with Gasteiger partial charge in [0.15, 0.2) is 0 Å². The zero-order chi connectivity index (χ0) is 33.2. The first-order valence-corrected chi connectivity index (χ1v) is 16.0. The minimum Gasteiger partial charge on any atom is -0.481 e. The number of carboxylic acid groups (broad SMARTS) is 1. The molecule has 9 nitrogen and oxygen atoms in total. The van der Waals surface area contributed by atoms with Gasteiger partial charge in [0.2, 0.25) is 0 Å². The number of rotatable bonds is 18. The van der Waals surface area contributed by atoms with E-state index in [2.05, 4.69) is 0 Å². The molecule has 4 unspecified atom stereocenters. The monoisotopic (exact) mass is 618 g/mol. The van der Waals surface area contributed by atoms with Crippen molar-refractivity contribution >= 4 is 23.9 Å². The minimum atomic E-state index is -1.38. The van der Waals surface area contributed by atoms with Gasteiger partial charge >= 0.3 is 23.9 Å². The molecule has 1 aromatic carbocycles. The molecular weight excluding hydrogens is 564 g/mol. The fourth-order valence-electron chi connectivity index (χ4n) is 6.52. The summed E-state index contributed by atoms with van der Waals surface area (Å²) in [7, 11) is 0. The van der Waals surface area contributed by atoms with E-state index in [1.54, 1.807) is 34.6 Å². The Morgan fingerprint density at radius 2 is 1.48 bits per heavy atom. The largest absolute Gasteiger partial charge is 0.481 e. The average Bonchev–Trinajstić information content (AvgIpc) is 3.43. The quantitative estimate of drug-likeness (QED) is 0.137. The van der Waals surface area contributed by atoms with E-state index in [4.69, 9.17) is 14.2 Å². The van der Waals surface area contributed by atoms with E-state index < -0.39 is 57.7 Å². The lowest BCUT2D eigenvalue weighted by molar-refractivity contribution is -0.177. The number of carboxylic acids is 1. The maximum absolute atomic E-state index is 13.8. The highest BCUT2D eigenvalue weighted by Crippen LogP contribution is 2.48. The van der Waals surface area contributed by atoms with Gasteiger partial charge in [-0.2, -0.15) is 0 Å². The molecule has 4 atom stereocenters. The van der Waals surface area contributed by atoms with Gasteiger partial charge in [0.1, 0.15) is 18.8 Å². The molecule has 0 spiro atoms. The lowest BCUT2D eigenvalue weighted by Gasteiger charge is -2.41. The van der Waals surface area contributed by atoms with E-state index in [1.165, 1.54) is 6.92 Å². The van der Waals surface area contributed by atoms with Crippen LogP contribution in [0.15, 0.2) is 30.3 Å². The third-order valence-corrected chi connectivity index (χ3v) is 9.17. The summed E-state index contributed by atoms with van der Waals surface area (Å²) in [6.07, 6.45) is 4.06. The zero-order valence-electron chi connectivity index (χ0n) is 27.8. The van der Waals surface area contributed by atoms with Crippen molar-refractivity contribution < 1.29 is 43.6 Å². The van der Waals surface area contributed by atoms with E-state index in [9.17, 15) is 29.4 Å². The summed E-state index contributed by atoms with van der Waals surface area (Å²) in [4.78, 5) is 53.1. The van der Waals surface area contributed by atoms with Crippen LogP contribution in [-0.2, 0) is 40.0 Å². The Hall–Kier alpha value is -2.94. The number of benzene rings is 1. The molecule has 1 aliphatic rings. The van der Waals surface area contributed by atoms with Crippen LogP contribution in [0.5, 0.6) is 0 Å². The van der Waals surface area contributed by atoms with Gasteiger partial charge in [-0.15, -0.1) is 0 Å². The third kappa shape index (κ3) is 10.3. The van der Waals surface area contributed by atoms with E-state index in [0.29, 0.717) is 12.8 Å². The summed E-state index contributed by atoms with van der Waals surface area (Å²) in [5.74, 6) is -3.26. The summed E-state index contributed by atoms with van der Waals surface area (Å²) in [6.45, 7) is 11.9. The molecule has 0 aliphatic heterocycles. The van der Waals surface area contributed by atoms with Crippen LogP contribution in [0.1, 0.15) is 118 Å². The number of carbonyl (C=O) groups excluding carboxylic acids is 3. The molecule has 9 heteroatoms. The van der Waals surface area contributed by atoms with E-state index in [-0.39, 0.29) is 38.9 Å². The van der Waals surface area contributed by atoms with E-state index >= 15 is 0 Å². The van der Waals surface area contributed by atoms with Crippen LogP contribution in [0.25, 0.3) is 0 Å². The number of esters is 3. The lowest BCUT2D eigenvalue weighted by Crippen LogP contribution is -2.46. The number of aliphatic hydroxyl groups excluding tert-OH is 1. The molecule has 44 heavy (non-hydrogen) atoms. The van der Waals surface area contributed by atoms with Crippen molar-refractivity contribution in [1.29, 1.82) is 0 Å².